The van der Waals surface area contributed by atoms with E-state index in [1.54, 1.807) is 36.4 Å². The molecule has 4 N–H and O–H groups in total. The first-order chi connectivity index (χ1) is 25.9. The molecule has 5 rings (SSSR count). The molecule has 11 nitrogen and oxygen atoms in total. The fourth-order valence-electron chi connectivity index (χ4n) is 5.78. The van der Waals surface area contributed by atoms with Gasteiger partial charge in [0.2, 0.25) is 11.8 Å². The summed E-state index contributed by atoms with van der Waals surface area (Å²) in [6.45, 7) is -0.0167. The lowest BCUT2D eigenvalue weighted by Gasteiger charge is -2.25. The van der Waals surface area contributed by atoms with Gasteiger partial charge in [-0.05, 0) is 53.6 Å². The largest absolute Gasteiger partial charge is 0.489 e. The Bertz CT molecular complexity index is 1790. The number of hydrogen-bond acceptors (Lipinski definition) is 8. The quantitative estimate of drug-likeness (QED) is 0.107. The van der Waals surface area contributed by atoms with Gasteiger partial charge in [-0.25, -0.2) is 9.59 Å². The number of hydrogen-bond donors (Lipinski definition) is 4. The van der Waals surface area contributed by atoms with Crippen LogP contribution in [0.25, 0.3) is 0 Å². The van der Waals surface area contributed by atoms with Crippen LogP contribution in [0.1, 0.15) is 47.6 Å². The second-order valence-electron chi connectivity index (χ2n) is 12.8. The van der Waals surface area contributed by atoms with Gasteiger partial charge >= 0.3 is 12.1 Å². The van der Waals surface area contributed by atoms with Gasteiger partial charge in [-0.3, -0.25) is 9.59 Å². The molecule has 0 saturated heterocycles. The van der Waals surface area contributed by atoms with Gasteiger partial charge in [-0.15, -0.1) is 0 Å². The summed E-state index contributed by atoms with van der Waals surface area (Å²) in [6, 6.07) is 33.2. The highest BCUT2D eigenvalue weighted by Crippen LogP contribution is 2.20. The van der Waals surface area contributed by atoms with E-state index < -0.39 is 42.0 Å². The molecule has 1 aliphatic rings. The second kappa shape index (κ2) is 20.2. The van der Waals surface area contributed by atoms with Gasteiger partial charge in [0.1, 0.15) is 31.6 Å². The van der Waals surface area contributed by atoms with Gasteiger partial charge in [-0.2, -0.15) is 0 Å². The van der Waals surface area contributed by atoms with E-state index in [9.17, 15) is 24.3 Å². The highest BCUT2D eigenvalue weighted by atomic mass is 16.6. The first-order valence-electron chi connectivity index (χ1n) is 17.7. The molecule has 0 aliphatic carbocycles. The molecule has 3 amide bonds. The zero-order valence-electron chi connectivity index (χ0n) is 29.4. The Morgan fingerprint density at radius 3 is 2.08 bits per heavy atom. The van der Waals surface area contributed by atoms with E-state index in [4.69, 9.17) is 14.2 Å². The van der Waals surface area contributed by atoms with Gasteiger partial charge in [0.05, 0.1) is 24.6 Å². The summed E-state index contributed by atoms with van der Waals surface area (Å²) in [6.07, 6.45) is 3.10. The maximum Gasteiger partial charge on any atom is 0.408 e. The number of ether oxygens (including phenoxy) is 3. The van der Waals surface area contributed by atoms with Gasteiger partial charge < -0.3 is 35.3 Å². The number of amides is 3. The Kier molecular flexibility index (Phi) is 14.6. The number of carbonyl (C=O) groups is 4. The molecule has 4 unspecified atom stereocenters. The van der Waals surface area contributed by atoms with Crippen molar-refractivity contribution in [1.82, 2.24) is 16.0 Å². The third-order valence-corrected chi connectivity index (χ3v) is 8.70. The lowest BCUT2D eigenvalue weighted by Crippen LogP contribution is -2.44. The molecule has 0 radical (unpaired) electrons. The van der Waals surface area contributed by atoms with Crippen LogP contribution in [-0.4, -0.2) is 54.3 Å². The van der Waals surface area contributed by atoms with Crippen molar-refractivity contribution < 1.29 is 38.5 Å². The van der Waals surface area contributed by atoms with Crippen LogP contribution in [0.3, 0.4) is 0 Å². The van der Waals surface area contributed by atoms with E-state index >= 15 is 0 Å². The van der Waals surface area contributed by atoms with Crippen LogP contribution >= 0.6 is 0 Å². The van der Waals surface area contributed by atoms with Crippen molar-refractivity contribution >= 4 is 23.9 Å². The second-order valence-corrected chi connectivity index (χ2v) is 12.8. The number of aliphatic hydroxyl groups excluding tert-OH is 1. The van der Waals surface area contributed by atoms with Crippen LogP contribution in [0.15, 0.2) is 127 Å². The van der Waals surface area contributed by atoms with Crippen molar-refractivity contribution in [3.63, 3.8) is 0 Å². The maximum atomic E-state index is 13.7. The summed E-state index contributed by atoms with van der Waals surface area (Å²) in [4.78, 5) is 52.8. The van der Waals surface area contributed by atoms with E-state index in [-0.39, 0.29) is 45.0 Å². The summed E-state index contributed by atoms with van der Waals surface area (Å²) in [5, 5.41) is 18.5. The van der Waals surface area contributed by atoms with Gasteiger partial charge in [0, 0.05) is 6.42 Å². The Labute approximate surface area is 309 Å². The van der Waals surface area contributed by atoms with Crippen LogP contribution < -0.4 is 20.7 Å². The molecule has 4 atom stereocenters. The number of aliphatic hydroxyl groups is 1. The number of rotatable bonds is 13. The van der Waals surface area contributed by atoms with Gasteiger partial charge in [0.25, 0.3) is 0 Å². The lowest BCUT2D eigenvalue weighted by atomic mass is 9.97. The van der Waals surface area contributed by atoms with Crippen LogP contribution in [0, 0.1) is 5.92 Å². The topological polar surface area (TPSA) is 152 Å². The maximum absolute atomic E-state index is 13.7. The Hall–Kier alpha value is -5.94. The molecule has 0 saturated carbocycles. The minimum Gasteiger partial charge on any atom is -0.489 e. The zero-order valence-corrected chi connectivity index (χ0v) is 29.4. The molecule has 0 fully saturated rings. The summed E-state index contributed by atoms with van der Waals surface area (Å²) in [5.41, 5.74) is 3.45. The van der Waals surface area contributed by atoms with Crippen LogP contribution in [-0.2, 0) is 43.5 Å². The molecule has 1 heterocycles. The van der Waals surface area contributed by atoms with Crippen LogP contribution in [0.4, 0.5) is 4.79 Å². The Balaban J connectivity index is 1.20. The predicted octanol–water partition coefficient (Wildman–Crippen LogP) is 5.34. The third-order valence-electron chi connectivity index (χ3n) is 8.70. The molecule has 0 bridgehead atoms. The Morgan fingerprint density at radius 1 is 0.792 bits per heavy atom. The SMILES string of the molecule is O=C(CC1CC=CCC(NC(=O)OCc2ccccc2)C(=O)OCC(c2ccccc2)NC1=O)NC(CO)Cc1ccc(OCc2ccccc2)cc1. The highest BCUT2D eigenvalue weighted by Gasteiger charge is 2.29. The third kappa shape index (κ3) is 12.7. The van der Waals surface area contributed by atoms with Crippen molar-refractivity contribution in [1.29, 1.82) is 0 Å². The van der Waals surface area contributed by atoms with Gasteiger partial charge in [-0.1, -0.05) is 115 Å². The van der Waals surface area contributed by atoms with Crippen molar-refractivity contribution in [3.05, 3.63) is 150 Å². The molecule has 1 aliphatic heterocycles. The van der Waals surface area contributed by atoms with E-state index in [2.05, 4.69) is 16.0 Å². The number of cyclic esters (lactones) is 1. The molecular formula is C42H45N3O8. The van der Waals surface area contributed by atoms with Crippen molar-refractivity contribution in [2.75, 3.05) is 13.2 Å². The molecule has 4 aromatic carbocycles. The fourth-order valence-corrected chi connectivity index (χ4v) is 5.78. The number of carbonyl (C=O) groups excluding carboxylic acids is 4. The first kappa shape index (κ1) is 38.3. The normalized spacial score (nSPS) is 18.2. The molecular weight excluding hydrogens is 674 g/mol. The van der Waals surface area contributed by atoms with E-state index in [1.807, 2.05) is 91.0 Å². The Morgan fingerprint density at radius 2 is 1.42 bits per heavy atom. The fraction of sp³-hybridized carbons (Fsp3) is 0.286. The molecule has 11 heteroatoms. The summed E-state index contributed by atoms with van der Waals surface area (Å²) < 4.78 is 16.8. The molecule has 0 aromatic heterocycles. The van der Waals surface area contributed by atoms with Gasteiger partial charge in [0.15, 0.2) is 0 Å². The minimum absolute atomic E-state index is 0.0315. The van der Waals surface area contributed by atoms with Crippen molar-refractivity contribution in [2.45, 2.75) is 57.0 Å². The molecule has 0 spiro atoms. The number of benzene rings is 4. The smallest absolute Gasteiger partial charge is 0.408 e. The molecule has 53 heavy (non-hydrogen) atoms. The zero-order chi connectivity index (χ0) is 37.3. The number of allylic oxidation sites excluding steroid dienone is 1. The lowest BCUT2D eigenvalue weighted by molar-refractivity contribution is -0.147. The van der Waals surface area contributed by atoms with E-state index in [0.29, 0.717) is 24.3 Å². The summed E-state index contributed by atoms with van der Waals surface area (Å²) in [5.74, 6) is -1.52. The van der Waals surface area contributed by atoms with Crippen molar-refractivity contribution in [2.24, 2.45) is 5.92 Å². The van der Waals surface area contributed by atoms with E-state index in [0.717, 1.165) is 16.7 Å². The molecule has 4 aromatic rings. The predicted molar refractivity (Wildman–Crippen MR) is 198 cm³/mol. The molecule has 276 valence electrons. The average Bonchev–Trinajstić information content (AvgIpc) is 3.19. The first-order valence-corrected chi connectivity index (χ1v) is 17.7. The minimum atomic E-state index is -1.04. The van der Waals surface area contributed by atoms with Crippen LogP contribution in [0.2, 0.25) is 0 Å². The monoisotopic (exact) mass is 719 g/mol. The average molecular weight is 720 g/mol. The standard InChI is InChI=1S/C42H45N3O8/c46-26-35(24-30-20-22-36(23-21-30)51-27-31-12-4-1-5-13-31)43-39(47)25-34-18-10-11-19-37(45-42(50)53-28-32-14-6-2-7-15-32)41(49)52-29-38(44-40(34)48)33-16-8-3-9-17-33/h1-17,20-23,34-35,37-38,46H,18-19,24-29H2,(H,43,47)(H,44,48)(H,45,50). The summed E-state index contributed by atoms with van der Waals surface area (Å²) >= 11 is 0. The number of esters is 1. The number of alkyl carbamates (subject to hydrolysis) is 1. The van der Waals surface area contributed by atoms with E-state index in [1.165, 1.54) is 0 Å². The highest BCUT2D eigenvalue weighted by molar-refractivity contribution is 5.86. The number of nitrogens with one attached hydrogen (secondary N) is 3. The summed E-state index contributed by atoms with van der Waals surface area (Å²) in [7, 11) is 0. The van der Waals surface area contributed by atoms with Crippen LogP contribution in [0.5, 0.6) is 5.75 Å². The van der Waals surface area contributed by atoms with Crippen molar-refractivity contribution in [3.8, 4) is 5.75 Å².